The number of thioether (sulfide) groups is 1. The molecule has 2 aromatic carbocycles. The maximum Gasteiger partial charge on any atom is 0.283 e. The number of amides is 1. The Labute approximate surface area is 230 Å². The van der Waals surface area contributed by atoms with Gasteiger partial charge in [0, 0.05) is 40.6 Å². The number of rotatable bonds is 7. The van der Waals surface area contributed by atoms with Gasteiger partial charge in [0.15, 0.2) is 5.84 Å². The lowest BCUT2D eigenvalue weighted by Crippen LogP contribution is -2.35. The van der Waals surface area contributed by atoms with Crippen LogP contribution >= 0.6 is 11.8 Å². The normalized spacial score (nSPS) is 16.1. The molecule has 0 aliphatic carbocycles. The van der Waals surface area contributed by atoms with Crippen molar-refractivity contribution in [1.29, 1.82) is 5.41 Å². The van der Waals surface area contributed by atoms with Gasteiger partial charge in [-0.15, -0.1) is 0 Å². The molecule has 0 radical (unpaired) electrons. The Morgan fingerprint density at radius 2 is 2.00 bits per heavy atom. The quantitative estimate of drug-likeness (QED) is 0.309. The van der Waals surface area contributed by atoms with E-state index in [9.17, 15) is 4.79 Å². The molecule has 0 bridgehead atoms. The fraction of sp³-hybridized carbons (Fsp3) is 0.167. The fourth-order valence-corrected chi connectivity index (χ4v) is 5.58. The maximum absolute atomic E-state index is 13.0. The molecule has 1 amide bonds. The number of hydrogen-bond acceptors (Lipinski definition) is 6. The van der Waals surface area contributed by atoms with E-state index in [4.69, 9.17) is 10.1 Å². The number of hydrazone groups is 1. The lowest BCUT2D eigenvalue weighted by molar-refractivity contribution is -0.114. The monoisotopic (exact) mass is 534 g/mol. The smallest absolute Gasteiger partial charge is 0.283 e. The molecule has 0 saturated heterocycles. The first kappa shape index (κ1) is 24.8. The van der Waals surface area contributed by atoms with Crippen LogP contribution in [0.4, 0.5) is 0 Å². The van der Waals surface area contributed by atoms with Crippen molar-refractivity contribution in [3.05, 3.63) is 101 Å². The molecule has 0 unspecified atom stereocenters. The van der Waals surface area contributed by atoms with E-state index in [1.807, 2.05) is 42.6 Å². The second-order valence-corrected chi connectivity index (χ2v) is 10.3. The summed E-state index contributed by atoms with van der Waals surface area (Å²) < 4.78 is 8.22. The third kappa shape index (κ3) is 4.88. The van der Waals surface area contributed by atoms with Crippen LogP contribution in [0, 0.1) is 12.3 Å². The first-order valence-corrected chi connectivity index (χ1v) is 13.5. The molecule has 0 spiro atoms. The number of para-hydroxylation sites is 1. The summed E-state index contributed by atoms with van der Waals surface area (Å²) in [5, 5.41) is 16.7. The third-order valence-corrected chi connectivity index (χ3v) is 7.56. The highest BCUT2D eigenvalue weighted by Gasteiger charge is 2.36. The molecule has 0 atom stereocenters. The molecule has 6 rings (SSSR count). The summed E-state index contributed by atoms with van der Waals surface area (Å²) in [6.45, 7) is 5.35. The molecule has 4 heterocycles. The van der Waals surface area contributed by atoms with E-state index in [2.05, 4.69) is 51.7 Å². The number of carbonyl (C=O) groups excluding carboxylic acids is 1. The molecule has 2 aliphatic heterocycles. The van der Waals surface area contributed by atoms with Gasteiger partial charge < -0.3 is 9.30 Å². The van der Waals surface area contributed by atoms with Crippen LogP contribution in [0.1, 0.15) is 29.2 Å². The van der Waals surface area contributed by atoms with Crippen molar-refractivity contribution in [2.45, 2.75) is 26.8 Å². The molecule has 2 aliphatic rings. The average molecular weight is 535 g/mol. The number of benzene rings is 2. The lowest BCUT2D eigenvalue weighted by atomic mass is 10.1. The number of amidine groups is 2. The number of aliphatic imine (C=N–C) groups is 1. The van der Waals surface area contributed by atoms with E-state index in [-0.39, 0.29) is 11.4 Å². The van der Waals surface area contributed by atoms with Crippen LogP contribution in [0.5, 0.6) is 5.75 Å². The highest BCUT2D eigenvalue weighted by atomic mass is 32.2. The lowest BCUT2D eigenvalue weighted by Gasteiger charge is -2.20. The molecule has 0 saturated carbocycles. The minimum atomic E-state index is -0.451. The second kappa shape index (κ2) is 10.3. The molecule has 1 N–H and O–H groups in total. The van der Waals surface area contributed by atoms with Gasteiger partial charge in [0.2, 0.25) is 5.17 Å². The SMILES string of the molecule is CCc1cc(C)cc(OCCn2cc(/C=C3/C(=N)N4N=C(c5cccnc5)SC4=NC3=O)c3ccccc32)c1. The predicted molar refractivity (Wildman–Crippen MR) is 156 cm³/mol. The zero-order valence-corrected chi connectivity index (χ0v) is 22.4. The van der Waals surface area contributed by atoms with E-state index in [0.29, 0.717) is 23.4 Å². The van der Waals surface area contributed by atoms with Gasteiger partial charge in [-0.05, 0) is 72.6 Å². The predicted octanol–water partition coefficient (Wildman–Crippen LogP) is 5.65. The van der Waals surface area contributed by atoms with E-state index in [1.54, 1.807) is 18.5 Å². The van der Waals surface area contributed by atoms with Gasteiger partial charge in [-0.3, -0.25) is 15.2 Å². The maximum atomic E-state index is 13.0. The van der Waals surface area contributed by atoms with Gasteiger partial charge >= 0.3 is 0 Å². The summed E-state index contributed by atoms with van der Waals surface area (Å²) in [6, 6.07) is 18.1. The Bertz CT molecular complexity index is 1700. The topological polar surface area (TPSA) is 95.9 Å². The number of aromatic nitrogens is 2. The van der Waals surface area contributed by atoms with Crippen LogP contribution in [0.2, 0.25) is 0 Å². The van der Waals surface area contributed by atoms with Crippen LogP contribution in [-0.4, -0.2) is 43.1 Å². The number of ether oxygens (including phenoxy) is 1. The highest BCUT2D eigenvalue weighted by molar-refractivity contribution is 8.27. The summed E-state index contributed by atoms with van der Waals surface area (Å²) in [4.78, 5) is 21.4. The Balaban J connectivity index is 1.27. The largest absolute Gasteiger partial charge is 0.492 e. The second-order valence-electron chi connectivity index (χ2n) is 9.32. The fourth-order valence-electron chi connectivity index (χ4n) is 4.70. The van der Waals surface area contributed by atoms with Gasteiger partial charge in [-0.1, -0.05) is 31.2 Å². The number of fused-ring (bicyclic) bond motifs is 2. The van der Waals surface area contributed by atoms with Crippen LogP contribution in [0.3, 0.4) is 0 Å². The van der Waals surface area contributed by atoms with Gasteiger partial charge in [0.25, 0.3) is 5.91 Å². The third-order valence-electron chi connectivity index (χ3n) is 6.60. The molecule has 2 aromatic heterocycles. The number of nitrogens with zero attached hydrogens (tertiary/aromatic N) is 5. The van der Waals surface area contributed by atoms with Gasteiger partial charge in [0.05, 0.1) is 12.1 Å². The Morgan fingerprint density at radius 1 is 1.13 bits per heavy atom. The van der Waals surface area contributed by atoms with Crippen LogP contribution in [0.15, 0.2) is 88.9 Å². The Morgan fingerprint density at radius 3 is 2.82 bits per heavy atom. The van der Waals surface area contributed by atoms with Crippen molar-refractivity contribution in [2.75, 3.05) is 6.61 Å². The molecular formula is C30H26N6O2S. The first-order valence-electron chi connectivity index (χ1n) is 12.7. The van der Waals surface area contributed by atoms with Crippen molar-refractivity contribution in [3.8, 4) is 5.75 Å². The molecule has 4 aromatic rings. The summed E-state index contributed by atoms with van der Waals surface area (Å²) in [5.41, 5.74) is 5.31. The molecule has 9 heteroatoms. The van der Waals surface area contributed by atoms with Crippen molar-refractivity contribution in [1.82, 2.24) is 14.6 Å². The van der Waals surface area contributed by atoms with Crippen molar-refractivity contribution >= 4 is 50.7 Å². The van der Waals surface area contributed by atoms with Crippen LogP contribution in [-0.2, 0) is 17.8 Å². The standard InChI is InChI=1S/C30H26N6O2S/c1-3-20-13-19(2)14-23(15-20)38-12-11-35-18-22(24-8-4-5-9-26(24)35)16-25-27(31)36-30(33-28(25)37)39-29(34-36)21-7-6-10-32-17-21/h4-10,13-18,31H,3,11-12H2,1-2H3/b25-16-,31-27?. The summed E-state index contributed by atoms with van der Waals surface area (Å²) in [5.74, 6) is 0.422. The first-order chi connectivity index (χ1) is 19.0. The Hall–Kier alpha value is -4.50. The van der Waals surface area contributed by atoms with Crippen LogP contribution < -0.4 is 4.74 Å². The van der Waals surface area contributed by atoms with Crippen LogP contribution in [0.25, 0.3) is 17.0 Å². The zero-order valence-electron chi connectivity index (χ0n) is 21.6. The number of nitrogens with one attached hydrogen (secondary N) is 1. The Kier molecular flexibility index (Phi) is 6.58. The van der Waals surface area contributed by atoms with Crippen molar-refractivity contribution in [3.63, 3.8) is 0 Å². The summed E-state index contributed by atoms with van der Waals surface area (Å²) in [6.07, 6.45) is 8.09. The minimum Gasteiger partial charge on any atom is -0.492 e. The molecule has 39 heavy (non-hydrogen) atoms. The molecule has 194 valence electrons. The number of hydrogen-bond donors (Lipinski definition) is 1. The van der Waals surface area contributed by atoms with Crippen molar-refractivity contribution < 1.29 is 9.53 Å². The molecule has 8 nitrogen and oxygen atoms in total. The summed E-state index contributed by atoms with van der Waals surface area (Å²) in [7, 11) is 0. The van der Waals surface area contributed by atoms with E-state index < -0.39 is 5.91 Å². The van der Waals surface area contributed by atoms with E-state index in [0.717, 1.165) is 34.2 Å². The average Bonchev–Trinajstić information content (AvgIpc) is 3.53. The molecular weight excluding hydrogens is 508 g/mol. The minimum absolute atomic E-state index is 0.00253. The van der Waals surface area contributed by atoms with E-state index >= 15 is 0 Å². The van der Waals surface area contributed by atoms with E-state index in [1.165, 1.54) is 27.9 Å². The zero-order chi connectivity index (χ0) is 26.9. The number of aryl methyl sites for hydroxylation is 2. The van der Waals surface area contributed by atoms with Gasteiger partial charge in [0.1, 0.15) is 17.4 Å². The number of carbonyl (C=O) groups is 1. The molecule has 0 fully saturated rings. The van der Waals surface area contributed by atoms with Crippen molar-refractivity contribution in [2.24, 2.45) is 10.1 Å². The van der Waals surface area contributed by atoms with Gasteiger partial charge in [-0.2, -0.15) is 15.1 Å². The van der Waals surface area contributed by atoms with Gasteiger partial charge in [-0.25, -0.2) is 0 Å². The number of pyridine rings is 1. The highest BCUT2D eigenvalue weighted by Crippen LogP contribution is 2.32. The summed E-state index contributed by atoms with van der Waals surface area (Å²) >= 11 is 1.26.